The number of hydrogen-bond donors (Lipinski definition) is 0. The normalized spacial score (nSPS) is 31.4. The number of nitrogens with zero attached hydrogens (tertiary/aromatic N) is 1. The number of rotatable bonds is 1. The van der Waals surface area contributed by atoms with Gasteiger partial charge in [0.15, 0.2) is 0 Å². The van der Waals surface area contributed by atoms with Crippen LogP contribution in [0, 0.1) is 16.7 Å². The van der Waals surface area contributed by atoms with Gasteiger partial charge in [0.1, 0.15) is 5.41 Å². The maximum atomic E-state index is 13.3. The molecule has 2 saturated carbocycles. The summed E-state index contributed by atoms with van der Waals surface area (Å²) in [6, 6.07) is 8.12. The van der Waals surface area contributed by atoms with Crippen molar-refractivity contribution >= 4 is 17.5 Å². The first-order chi connectivity index (χ1) is 10.9. The number of ketones is 2. The fourth-order valence-corrected chi connectivity index (χ4v) is 4.99. The summed E-state index contributed by atoms with van der Waals surface area (Å²) in [5.41, 5.74) is 0.732. The Morgan fingerprint density at radius 1 is 1.17 bits per heavy atom. The average Bonchev–Trinajstić information content (AvgIpc) is 2.90. The molecule has 0 aromatic heterocycles. The summed E-state index contributed by atoms with van der Waals surface area (Å²) in [6.45, 7) is 5.01. The molecule has 4 nitrogen and oxygen atoms in total. The molecule has 1 heterocycles. The summed E-state index contributed by atoms with van der Waals surface area (Å²) < 4.78 is 0. The predicted octanol–water partition coefficient (Wildman–Crippen LogP) is 2.15. The van der Waals surface area contributed by atoms with E-state index in [1.54, 1.807) is 4.90 Å². The van der Waals surface area contributed by atoms with Crippen LogP contribution in [0.25, 0.3) is 0 Å². The Balaban J connectivity index is 1.70. The van der Waals surface area contributed by atoms with Crippen LogP contribution in [0.15, 0.2) is 24.3 Å². The molecule has 2 atom stereocenters. The van der Waals surface area contributed by atoms with Gasteiger partial charge < -0.3 is 4.90 Å². The molecule has 2 bridgehead atoms. The van der Waals surface area contributed by atoms with E-state index in [4.69, 9.17) is 0 Å². The fraction of sp³-hybridized carbons (Fsp3) is 0.526. The van der Waals surface area contributed by atoms with Crippen molar-refractivity contribution in [3.8, 4) is 0 Å². The van der Waals surface area contributed by atoms with E-state index in [9.17, 15) is 14.4 Å². The zero-order valence-electron chi connectivity index (χ0n) is 13.6. The molecule has 3 aliphatic rings. The van der Waals surface area contributed by atoms with Crippen molar-refractivity contribution in [1.29, 1.82) is 0 Å². The van der Waals surface area contributed by atoms with Crippen LogP contribution in [0.5, 0.6) is 0 Å². The highest BCUT2D eigenvalue weighted by molar-refractivity contribution is 6.47. The lowest BCUT2D eigenvalue weighted by Crippen LogP contribution is -2.53. The summed E-state index contributed by atoms with van der Waals surface area (Å²) in [7, 11) is 0. The Labute approximate surface area is 135 Å². The van der Waals surface area contributed by atoms with E-state index < -0.39 is 16.6 Å². The summed E-state index contributed by atoms with van der Waals surface area (Å²) in [4.78, 5) is 40.0. The van der Waals surface area contributed by atoms with Gasteiger partial charge in [-0.15, -0.1) is 0 Å². The van der Waals surface area contributed by atoms with Crippen molar-refractivity contribution in [1.82, 2.24) is 4.90 Å². The zero-order valence-corrected chi connectivity index (χ0v) is 13.6. The lowest BCUT2D eigenvalue weighted by molar-refractivity contribution is -0.156. The second-order valence-corrected chi connectivity index (χ2v) is 7.66. The van der Waals surface area contributed by atoms with Crippen molar-refractivity contribution in [2.45, 2.75) is 39.7 Å². The fourth-order valence-electron chi connectivity index (χ4n) is 4.99. The van der Waals surface area contributed by atoms with E-state index in [-0.39, 0.29) is 17.6 Å². The molecule has 1 amide bonds. The lowest BCUT2D eigenvalue weighted by Gasteiger charge is -2.40. The molecule has 0 spiro atoms. The van der Waals surface area contributed by atoms with E-state index >= 15 is 0 Å². The first-order valence-corrected chi connectivity index (χ1v) is 8.34. The molecular weight excluding hydrogens is 290 g/mol. The van der Waals surface area contributed by atoms with Crippen LogP contribution in [-0.4, -0.2) is 28.9 Å². The Bertz CT molecular complexity index is 736. The van der Waals surface area contributed by atoms with Crippen LogP contribution in [-0.2, 0) is 27.3 Å². The van der Waals surface area contributed by atoms with Crippen molar-refractivity contribution in [2.24, 2.45) is 16.7 Å². The van der Waals surface area contributed by atoms with Crippen LogP contribution in [0.1, 0.15) is 37.8 Å². The third-order valence-electron chi connectivity index (χ3n) is 6.49. The van der Waals surface area contributed by atoms with Crippen LogP contribution >= 0.6 is 0 Å². The smallest absolute Gasteiger partial charge is 0.237 e. The van der Waals surface area contributed by atoms with Gasteiger partial charge in [-0.3, -0.25) is 14.4 Å². The highest BCUT2D eigenvalue weighted by Gasteiger charge is 2.73. The van der Waals surface area contributed by atoms with E-state index in [2.05, 4.69) is 6.07 Å². The second kappa shape index (κ2) is 4.53. The highest BCUT2D eigenvalue weighted by Crippen LogP contribution is 2.63. The average molecular weight is 311 g/mol. The third-order valence-corrected chi connectivity index (χ3v) is 6.49. The SMILES string of the molecule is CC1(C)[C@@H]2CC[C@@]1(C(=O)N1CCc3ccccc3C1)C(=O)C2=O. The minimum absolute atomic E-state index is 0.129. The van der Waals surface area contributed by atoms with E-state index in [1.165, 1.54) is 5.56 Å². The van der Waals surface area contributed by atoms with Crippen molar-refractivity contribution in [3.05, 3.63) is 35.4 Å². The van der Waals surface area contributed by atoms with Gasteiger partial charge in [0.2, 0.25) is 17.5 Å². The lowest BCUT2D eigenvalue weighted by atomic mass is 9.67. The number of Topliss-reactive ketones (excluding diaryl/α,β-unsaturated/α-hetero) is 2. The van der Waals surface area contributed by atoms with Gasteiger partial charge in [-0.05, 0) is 35.8 Å². The second-order valence-electron chi connectivity index (χ2n) is 7.66. The monoisotopic (exact) mass is 311 g/mol. The van der Waals surface area contributed by atoms with E-state index in [0.717, 1.165) is 12.0 Å². The van der Waals surface area contributed by atoms with Gasteiger partial charge in [-0.2, -0.15) is 0 Å². The molecule has 1 aromatic carbocycles. The minimum Gasteiger partial charge on any atom is -0.337 e. The molecule has 4 heteroatoms. The first kappa shape index (κ1) is 14.6. The number of benzene rings is 1. The molecule has 1 aromatic rings. The van der Waals surface area contributed by atoms with Crippen LogP contribution in [0.4, 0.5) is 0 Å². The molecule has 2 aliphatic carbocycles. The zero-order chi connectivity index (χ0) is 16.4. The quantitative estimate of drug-likeness (QED) is 0.590. The van der Waals surface area contributed by atoms with Gasteiger partial charge in [0.05, 0.1) is 0 Å². The molecule has 2 fully saturated rings. The third kappa shape index (κ3) is 1.64. The van der Waals surface area contributed by atoms with Crippen LogP contribution in [0.3, 0.4) is 0 Å². The maximum Gasteiger partial charge on any atom is 0.237 e. The predicted molar refractivity (Wildman–Crippen MR) is 84.5 cm³/mol. The Hall–Kier alpha value is -1.97. The van der Waals surface area contributed by atoms with Gasteiger partial charge in [0.25, 0.3) is 0 Å². The summed E-state index contributed by atoms with van der Waals surface area (Å²) in [6.07, 6.45) is 1.99. The van der Waals surface area contributed by atoms with Crippen molar-refractivity contribution < 1.29 is 14.4 Å². The Morgan fingerprint density at radius 2 is 1.87 bits per heavy atom. The topological polar surface area (TPSA) is 54.5 Å². The molecule has 0 saturated heterocycles. The Morgan fingerprint density at radius 3 is 2.52 bits per heavy atom. The van der Waals surface area contributed by atoms with Gasteiger partial charge in [-0.1, -0.05) is 38.1 Å². The summed E-state index contributed by atoms with van der Waals surface area (Å²) in [5, 5.41) is 0. The Kier molecular flexibility index (Phi) is 2.88. The minimum atomic E-state index is -1.12. The number of carbonyl (C=O) groups excluding carboxylic acids is 3. The molecule has 23 heavy (non-hydrogen) atoms. The molecule has 1 aliphatic heterocycles. The highest BCUT2D eigenvalue weighted by atomic mass is 16.2. The molecule has 120 valence electrons. The maximum absolute atomic E-state index is 13.3. The molecule has 0 radical (unpaired) electrons. The standard InChI is InChI=1S/C19H21NO3/c1-18(2)14-7-9-19(18,16(22)15(14)21)17(23)20-10-8-12-5-3-4-6-13(12)11-20/h3-6,14H,7-11H2,1-2H3/t14-,19+/m1/s1. The van der Waals surface area contributed by atoms with Gasteiger partial charge >= 0.3 is 0 Å². The first-order valence-electron chi connectivity index (χ1n) is 8.34. The number of carbonyl (C=O) groups is 3. The van der Waals surface area contributed by atoms with Crippen molar-refractivity contribution in [2.75, 3.05) is 6.54 Å². The van der Waals surface area contributed by atoms with E-state index in [1.807, 2.05) is 32.0 Å². The van der Waals surface area contributed by atoms with Crippen LogP contribution < -0.4 is 0 Å². The largest absolute Gasteiger partial charge is 0.337 e. The molecule has 0 unspecified atom stereocenters. The molecule has 0 N–H and O–H groups in total. The number of amides is 1. The number of fused-ring (bicyclic) bond motifs is 3. The number of hydrogen-bond acceptors (Lipinski definition) is 3. The summed E-state index contributed by atoms with van der Waals surface area (Å²) in [5.74, 6) is -1.18. The summed E-state index contributed by atoms with van der Waals surface area (Å²) >= 11 is 0. The van der Waals surface area contributed by atoms with Gasteiger partial charge in [0, 0.05) is 19.0 Å². The van der Waals surface area contributed by atoms with E-state index in [0.29, 0.717) is 25.9 Å². The van der Waals surface area contributed by atoms with Gasteiger partial charge in [-0.25, -0.2) is 0 Å². The molecular formula is C19H21NO3. The van der Waals surface area contributed by atoms with Crippen LogP contribution in [0.2, 0.25) is 0 Å². The molecule has 4 rings (SSSR count). The van der Waals surface area contributed by atoms with Crippen molar-refractivity contribution in [3.63, 3.8) is 0 Å².